The van der Waals surface area contributed by atoms with Gasteiger partial charge < -0.3 is 4.90 Å². The molecule has 0 aliphatic carbocycles. The van der Waals surface area contributed by atoms with Gasteiger partial charge in [0.1, 0.15) is 5.82 Å². The Morgan fingerprint density at radius 2 is 1.79 bits per heavy atom. The normalized spacial score (nSPS) is 15.1. The lowest BCUT2D eigenvalue weighted by molar-refractivity contribution is -0.384. The summed E-state index contributed by atoms with van der Waals surface area (Å²) >= 11 is 5.95. The standard InChI is InChI=1S/C23H20ClF2N5O3/c1-14-12-20(30-10-8-23(25,26)9-11-30)28-22(27-14)29-21(32)18-7-6-17(31(33)34)13-19(18)15-2-4-16(24)5-3-15/h2-7,12-13H,8-11H2,1H3,(H,27,28,29,32). The van der Waals surface area contributed by atoms with Gasteiger partial charge in [-0.15, -0.1) is 0 Å². The maximum absolute atomic E-state index is 13.5. The molecule has 34 heavy (non-hydrogen) atoms. The summed E-state index contributed by atoms with van der Waals surface area (Å²) in [6.07, 6.45) is -0.546. The second-order valence-electron chi connectivity index (χ2n) is 7.98. The van der Waals surface area contributed by atoms with Crippen LogP contribution >= 0.6 is 11.6 Å². The number of aryl methyl sites for hydroxylation is 1. The molecular formula is C23H20ClF2N5O3. The highest BCUT2D eigenvalue weighted by molar-refractivity contribution is 6.30. The number of anilines is 2. The molecule has 2 aromatic carbocycles. The van der Waals surface area contributed by atoms with E-state index in [0.29, 0.717) is 27.7 Å². The van der Waals surface area contributed by atoms with Crippen LogP contribution in [0.5, 0.6) is 0 Å². The van der Waals surface area contributed by atoms with E-state index in [1.54, 1.807) is 42.2 Å². The fraction of sp³-hybridized carbons (Fsp3) is 0.261. The zero-order chi connectivity index (χ0) is 24.5. The van der Waals surface area contributed by atoms with Crippen molar-refractivity contribution in [2.45, 2.75) is 25.7 Å². The second kappa shape index (κ2) is 9.30. The molecule has 0 radical (unpaired) electrons. The molecule has 0 bridgehead atoms. The fourth-order valence-corrected chi connectivity index (χ4v) is 3.84. The average molecular weight is 488 g/mol. The summed E-state index contributed by atoms with van der Waals surface area (Å²) in [5.74, 6) is -2.80. The number of carbonyl (C=O) groups excluding carboxylic acids is 1. The van der Waals surface area contributed by atoms with E-state index < -0.39 is 16.8 Å². The molecule has 4 rings (SSSR count). The summed E-state index contributed by atoms with van der Waals surface area (Å²) in [4.78, 5) is 34.2. The summed E-state index contributed by atoms with van der Waals surface area (Å²) in [6.45, 7) is 1.99. The molecule has 1 aromatic heterocycles. The minimum atomic E-state index is -2.69. The largest absolute Gasteiger partial charge is 0.356 e. The van der Waals surface area contributed by atoms with Gasteiger partial charge in [0.2, 0.25) is 5.95 Å². The molecule has 1 aliphatic rings. The number of nitro groups is 1. The lowest BCUT2D eigenvalue weighted by atomic mass is 9.98. The van der Waals surface area contributed by atoms with E-state index in [-0.39, 0.29) is 43.1 Å². The van der Waals surface area contributed by atoms with Crippen LogP contribution in [-0.4, -0.2) is 39.8 Å². The monoisotopic (exact) mass is 487 g/mol. The van der Waals surface area contributed by atoms with Crippen molar-refractivity contribution in [3.63, 3.8) is 0 Å². The summed E-state index contributed by atoms with van der Waals surface area (Å²) in [6, 6.07) is 12.1. The van der Waals surface area contributed by atoms with Crippen LogP contribution in [0, 0.1) is 17.0 Å². The number of benzene rings is 2. The number of nitrogens with one attached hydrogen (secondary N) is 1. The minimum Gasteiger partial charge on any atom is -0.356 e. The van der Waals surface area contributed by atoms with Gasteiger partial charge in [0, 0.05) is 66.0 Å². The highest BCUT2D eigenvalue weighted by Crippen LogP contribution is 2.31. The third-order valence-electron chi connectivity index (χ3n) is 5.50. The van der Waals surface area contributed by atoms with Gasteiger partial charge in [0.15, 0.2) is 0 Å². The van der Waals surface area contributed by atoms with Crippen LogP contribution in [0.25, 0.3) is 11.1 Å². The highest BCUT2D eigenvalue weighted by atomic mass is 35.5. The second-order valence-corrected chi connectivity index (χ2v) is 8.42. The van der Waals surface area contributed by atoms with E-state index in [9.17, 15) is 23.7 Å². The van der Waals surface area contributed by atoms with Crippen molar-refractivity contribution in [1.29, 1.82) is 0 Å². The molecule has 0 unspecified atom stereocenters. The van der Waals surface area contributed by atoms with E-state index in [1.165, 1.54) is 18.2 Å². The van der Waals surface area contributed by atoms with Crippen LogP contribution in [-0.2, 0) is 0 Å². The quantitative estimate of drug-likeness (QED) is 0.376. The number of hydrogen-bond donors (Lipinski definition) is 1. The van der Waals surface area contributed by atoms with Crippen LogP contribution in [0.2, 0.25) is 5.02 Å². The molecule has 2 heterocycles. The number of amides is 1. The van der Waals surface area contributed by atoms with Gasteiger partial charge in [-0.3, -0.25) is 20.2 Å². The number of aromatic nitrogens is 2. The maximum Gasteiger partial charge on any atom is 0.270 e. The van der Waals surface area contributed by atoms with Crippen LogP contribution in [0.4, 0.5) is 26.2 Å². The van der Waals surface area contributed by atoms with Gasteiger partial charge in [0.25, 0.3) is 17.5 Å². The maximum atomic E-state index is 13.5. The van der Waals surface area contributed by atoms with Crippen LogP contribution < -0.4 is 10.2 Å². The molecule has 8 nitrogen and oxygen atoms in total. The van der Waals surface area contributed by atoms with E-state index in [2.05, 4.69) is 15.3 Å². The number of alkyl halides is 2. The SMILES string of the molecule is Cc1cc(N2CCC(F)(F)CC2)nc(NC(=O)c2ccc([N+](=O)[O-])cc2-c2ccc(Cl)cc2)n1. The molecule has 0 atom stereocenters. The Kier molecular flexibility index (Phi) is 6.43. The predicted octanol–water partition coefficient (Wildman–Crippen LogP) is 5.50. The molecule has 11 heteroatoms. The van der Waals surface area contributed by atoms with Crippen molar-refractivity contribution in [2.75, 3.05) is 23.3 Å². The summed E-state index contributed by atoms with van der Waals surface area (Å²) in [5.41, 5.74) is 1.47. The Morgan fingerprint density at radius 3 is 2.44 bits per heavy atom. The Bertz CT molecular complexity index is 1240. The molecule has 176 valence electrons. The topological polar surface area (TPSA) is 101 Å². The first kappa shape index (κ1) is 23.5. The van der Waals surface area contributed by atoms with Gasteiger partial charge in [-0.2, -0.15) is 4.98 Å². The van der Waals surface area contributed by atoms with Crippen LogP contribution in [0.1, 0.15) is 28.9 Å². The third kappa shape index (κ3) is 5.28. The zero-order valence-electron chi connectivity index (χ0n) is 18.1. The molecule has 3 aromatic rings. The number of piperidine rings is 1. The van der Waals surface area contributed by atoms with Crippen molar-refractivity contribution in [3.05, 3.63) is 74.9 Å². The molecular weight excluding hydrogens is 468 g/mol. The number of halogens is 3. The summed E-state index contributed by atoms with van der Waals surface area (Å²) in [5, 5.41) is 14.4. The Morgan fingerprint density at radius 1 is 1.12 bits per heavy atom. The van der Waals surface area contributed by atoms with Crippen LogP contribution in [0.15, 0.2) is 48.5 Å². The molecule has 1 amide bonds. The molecule has 0 spiro atoms. The fourth-order valence-electron chi connectivity index (χ4n) is 3.71. The Balaban J connectivity index is 1.63. The first-order chi connectivity index (χ1) is 16.1. The number of rotatable bonds is 5. The number of nitro benzene ring substituents is 1. The minimum absolute atomic E-state index is 0.0118. The third-order valence-corrected chi connectivity index (χ3v) is 5.75. The Hall–Kier alpha value is -3.66. The van der Waals surface area contributed by atoms with E-state index in [0.717, 1.165) is 0 Å². The number of hydrogen-bond acceptors (Lipinski definition) is 6. The number of carbonyl (C=O) groups is 1. The lowest BCUT2D eigenvalue weighted by Gasteiger charge is -2.32. The molecule has 1 aliphatic heterocycles. The highest BCUT2D eigenvalue weighted by Gasteiger charge is 2.34. The zero-order valence-corrected chi connectivity index (χ0v) is 18.9. The molecule has 0 saturated carbocycles. The molecule has 1 saturated heterocycles. The van der Waals surface area contributed by atoms with Gasteiger partial charge >= 0.3 is 0 Å². The molecule has 1 N–H and O–H groups in total. The van der Waals surface area contributed by atoms with Gasteiger partial charge in [0.05, 0.1) is 4.92 Å². The van der Waals surface area contributed by atoms with Crippen molar-refractivity contribution in [1.82, 2.24) is 9.97 Å². The smallest absolute Gasteiger partial charge is 0.270 e. The molecule has 1 fully saturated rings. The van der Waals surface area contributed by atoms with Gasteiger partial charge in [-0.05, 0) is 30.7 Å². The van der Waals surface area contributed by atoms with E-state index >= 15 is 0 Å². The summed E-state index contributed by atoms with van der Waals surface area (Å²) < 4.78 is 27.0. The van der Waals surface area contributed by atoms with Crippen molar-refractivity contribution in [3.8, 4) is 11.1 Å². The van der Waals surface area contributed by atoms with E-state index in [1.807, 2.05) is 0 Å². The number of non-ortho nitro benzene ring substituents is 1. The van der Waals surface area contributed by atoms with Gasteiger partial charge in [-0.25, -0.2) is 13.8 Å². The van der Waals surface area contributed by atoms with Crippen LogP contribution in [0.3, 0.4) is 0 Å². The van der Waals surface area contributed by atoms with Crippen molar-refractivity contribution >= 4 is 35.0 Å². The van der Waals surface area contributed by atoms with Crippen molar-refractivity contribution in [2.24, 2.45) is 0 Å². The first-order valence-electron chi connectivity index (χ1n) is 10.5. The Labute approximate surface area is 198 Å². The predicted molar refractivity (Wildman–Crippen MR) is 125 cm³/mol. The number of nitrogens with zero attached hydrogens (tertiary/aromatic N) is 4. The van der Waals surface area contributed by atoms with E-state index in [4.69, 9.17) is 11.6 Å². The lowest BCUT2D eigenvalue weighted by Crippen LogP contribution is -2.39. The average Bonchev–Trinajstić information content (AvgIpc) is 2.78. The van der Waals surface area contributed by atoms with Gasteiger partial charge in [-0.1, -0.05) is 23.7 Å². The first-order valence-corrected chi connectivity index (χ1v) is 10.8. The summed E-state index contributed by atoms with van der Waals surface area (Å²) in [7, 11) is 0. The van der Waals surface area contributed by atoms with Crippen molar-refractivity contribution < 1.29 is 18.5 Å².